The van der Waals surface area contributed by atoms with Crippen molar-refractivity contribution in [2.24, 2.45) is 10.9 Å². The molecule has 0 aromatic rings. The Balaban J connectivity index is 0.000000921. The van der Waals surface area contributed by atoms with Gasteiger partial charge in [-0.05, 0) is 6.92 Å². The van der Waals surface area contributed by atoms with Crippen molar-refractivity contribution < 1.29 is 4.74 Å². The first-order valence-electron chi connectivity index (χ1n) is 5.40. The van der Waals surface area contributed by atoms with E-state index in [0.29, 0.717) is 11.7 Å². The Bertz CT molecular complexity index is 230. The lowest BCUT2D eigenvalue weighted by Crippen LogP contribution is -2.44. The quantitative estimate of drug-likeness (QED) is 0.558. The lowest BCUT2D eigenvalue weighted by molar-refractivity contribution is 0.148. The van der Waals surface area contributed by atoms with Crippen molar-refractivity contribution in [2.75, 3.05) is 19.7 Å². The van der Waals surface area contributed by atoms with Crippen molar-refractivity contribution in [1.82, 2.24) is 5.32 Å². The SMILES string of the molecule is C=C(C)N=CC(=C)OCC1CNC1.CC. The van der Waals surface area contributed by atoms with Gasteiger partial charge in [0.15, 0.2) is 0 Å². The summed E-state index contributed by atoms with van der Waals surface area (Å²) in [7, 11) is 0. The molecule has 0 bridgehead atoms. The molecule has 0 unspecified atom stereocenters. The molecule has 0 amide bonds. The van der Waals surface area contributed by atoms with Crippen LogP contribution in [0.25, 0.3) is 0 Å². The molecular weight excluding hydrogens is 188 g/mol. The van der Waals surface area contributed by atoms with Gasteiger partial charge < -0.3 is 10.1 Å². The molecule has 0 radical (unpaired) electrons. The van der Waals surface area contributed by atoms with Crippen LogP contribution in [0.1, 0.15) is 20.8 Å². The molecule has 0 aromatic carbocycles. The third-order valence-electron chi connectivity index (χ3n) is 1.80. The standard InChI is InChI=1S/C10H16N2O.C2H6/c1-8(2)12-4-9(3)13-7-10-5-11-6-10;1-2/h4,10-11H,1,3,5-7H2,2H3;1-2H3. The van der Waals surface area contributed by atoms with Crippen molar-refractivity contribution in [3.63, 3.8) is 0 Å². The third kappa shape index (κ3) is 6.91. The van der Waals surface area contributed by atoms with Crippen LogP contribution in [0.2, 0.25) is 0 Å². The second kappa shape index (κ2) is 8.24. The number of allylic oxidation sites excluding steroid dienone is 2. The number of nitrogens with one attached hydrogen (secondary N) is 1. The van der Waals surface area contributed by atoms with E-state index in [0.717, 1.165) is 25.4 Å². The van der Waals surface area contributed by atoms with E-state index in [1.807, 2.05) is 20.8 Å². The highest BCUT2D eigenvalue weighted by Gasteiger charge is 2.16. The van der Waals surface area contributed by atoms with E-state index in [1.54, 1.807) is 6.21 Å². The van der Waals surface area contributed by atoms with E-state index in [1.165, 1.54) is 0 Å². The Morgan fingerprint density at radius 3 is 2.47 bits per heavy atom. The van der Waals surface area contributed by atoms with E-state index in [4.69, 9.17) is 4.74 Å². The lowest BCUT2D eigenvalue weighted by atomic mass is 10.1. The van der Waals surface area contributed by atoms with Gasteiger partial charge in [0.25, 0.3) is 0 Å². The maximum atomic E-state index is 5.37. The number of aliphatic imine (C=N–C) groups is 1. The summed E-state index contributed by atoms with van der Waals surface area (Å²) in [6.07, 6.45) is 1.61. The van der Waals surface area contributed by atoms with Crippen molar-refractivity contribution in [3.8, 4) is 0 Å². The molecule has 1 heterocycles. The minimum atomic E-state index is 0.606. The van der Waals surface area contributed by atoms with Crippen LogP contribution in [-0.2, 0) is 4.74 Å². The van der Waals surface area contributed by atoms with Gasteiger partial charge in [0.2, 0.25) is 0 Å². The number of nitrogens with zero attached hydrogens (tertiary/aromatic N) is 1. The highest BCUT2D eigenvalue weighted by molar-refractivity contribution is 5.75. The molecule has 0 aliphatic carbocycles. The average molecular weight is 210 g/mol. The molecule has 86 valence electrons. The first kappa shape index (κ1) is 13.9. The Labute approximate surface area is 92.9 Å². The number of rotatable bonds is 5. The Morgan fingerprint density at radius 1 is 1.47 bits per heavy atom. The van der Waals surface area contributed by atoms with Crippen molar-refractivity contribution in [3.05, 3.63) is 24.6 Å². The van der Waals surface area contributed by atoms with Crippen molar-refractivity contribution >= 4 is 6.21 Å². The van der Waals surface area contributed by atoms with Gasteiger partial charge >= 0.3 is 0 Å². The molecule has 1 rings (SSSR count). The second-order valence-electron chi connectivity index (χ2n) is 3.30. The van der Waals surface area contributed by atoms with Crippen LogP contribution >= 0.6 is 0 Å². The first-order valence-corrected chi connectivity index (χ1v) is 5.40. The Morgan fingerprint density at radius 2 is 2.07 bits per heavy atom. The van der Waals surface area contributed by atoms with Crippen LogP contribution in [0, 0.1) is 5.92 Å². The minimum Gasteiger partial charge on any atom is -0.492 e. The molecule has 1 saturated heterocycles. The van der Waals surface area contributed by atoms with Crippen LogP contribution < -0.4 is 5.32 Å². The molecule has 3 heteroatoms. The molecule has 3 nitrogen and oxygen atoms in total. The summed E-state index contributed by atoms with van der Waals surface area (Å²) in [5.74, 6) is 1.24. The van der Waals surface area contributed by atoms with Crippen LogP contribution in [0.5, 0.6) is 0 Å². The van der Waals surface area contributed by atoms with Crippen LogP contribution in [0.3, 0.4) is 0 Å². The van der Waals surface area contributed by atoms with Gasteiger partial charge in [0, 0.05) is 24.7 Å². The molecular formula is C12H22N2O. The summed E-state index contributed by atoms with van der Waals surface area (Å²) >= 11 is 0. The summed E-state index contributed by atoms with van der Waals surface area (Å²) in [6, 6.07) is 0. The highest BCUT2D eigenvalue weighted by Crippen LogP contribution is 2.05. The second-order valence-corrected chi connectivity index (χ2v) is 3.30. The number of hydrogen-bond acceptors (Lipinski definition) is 3. The minimum absolute atomic E-state index is 0.606. The summed E-state index contributed by atoms with van der Waals surface area (Å²) in [4.78, 5) is 3.99. The number of ether oxygens (including phenoxy) is 1. The number of hydrogen-bond donors (Lipinski definition) is 1. The van der Waals surface area contributed by atoms with E-state index in [2.05, 4.69) is 23.5 Å². The fraction of sp³-hybridized carbons (Fsp3) is 0.583. The Kier molecular flexibility index (Phi) is 7.64. The molecule has 0 spiro atoms. The molecule has 0 atom stereocenters. The maximum Gasteiger partial charge on any atom is 0.130 e. The van der Waals surface area contributed by atoms with Crippen LogP contribution in [-0.4, -0.2) is 25.9 Å². The van der Waals surface area contributed by atoms with E-state index >= 15 is 0 Å². The van der Waals surface area contributed by atoms with Crippen LogP contribution in [0.15, 0.2) is 29.6 Å². The summed E-state index contributed by atoms with van der Waals surface area (Å²) in [5, 5.41) is 3.18. The third-order valence-corrected chi connectivity index (χ3v) is 1.80. The van der Waals surface area contributed by atoms with Gasteiger partial charge in [0.05, 0.1) is 12.8 Å². The topological polar surface area (TPSA) is 33.6 Å². The van der Waals surface area contributed by atoms with E-state index in [-0.39, 0.29) is 0 Å². The van der Waals surface area contributed by atoms with Gasteiger partial charge in [0.1, 0.15) is 5.76 Å². The van der Waals surface area contributed by atoms with Crippen LogP contribution in [0.4, 0.5) is 0 Å². The van der Waals surface area contributed by atoms with Gasteiger partial charge in [-0.25, -0.2) is 0 Å². The fourth-order valence-electron chi connectivity index (χ4n) is 0.911. The predicted molar refractivity (Wildman–Crippen MR) is 66.1 cm³/mol. The molecule has 1 fully saturated rings. The zero-order valence-corrected chi connectivity index (χ0v) is 10.0. The summed E-state index contributed by atoms with van der Waals surface area (Å²) < 4.78 is 5.37. The van der Waals surface area contributed by atoms with Crippen molar-refractivity contribution in [2.45, 2.75) is 20.8 Å². The predicted octanol–water partition coefficient (Wildman–Crippen LogP) is 2.37. The van der Waals surface area contributed by atoms with E-state index < -0.39 is 0 Å². The summed E-state index contributed by atoms with van der Waals surface area (Å²) in [6.45, 7) is 16.0. The smallest absolute Gasteiger partial charge is 0.130 e. The molecule has 1 aliphatic heterocycles. The molecule has 0 saturated carbocycles. The Hall–Kier alpha value is -1.09. The molecule has 1 N–H and O–H groups in total. The maximum absolute atomic E-state index is 5.37. The monoisotopic (exact) mass is 210 g/mol. The lowest BCUT2D eigenvalue weighted by Gasteiger charge is -2.26. The van der Waals surface area contributed by atoms with Gasteiger partial charge in [-0.1, -0.05) is 27.0 Å². The normalized spacial score (nSPS) is 15.1. The van der Waals surface area contributed by atoms with Gasteiger partial charge in [-0.3, -0.25) is 4.99 Å². The molecule has 1 aliphatic rings. The zero-order chi connectivity index (χ0) is 11.7. The fourth-order valence-corrected chi connectivity index (χ4v) is 0.911. The van der Waals surface area contributed by atoms with Crippen molar-refractivity contribution in [1.29, 1.82) is 0 Å². The molecule has 0 aromatic heterocycles. The summed E-state index contributed by atoms with van der Waals surface area (Å²) in [5.41, 5.74) is 0.759. The average Bonchev–Trinajstić information content (AvgIpc) is 2.15. The first-order chi connectivity index (χ1) is 7.18. The van der Waals surface area contributed by atoms with Gasteiger partial charge in [-0.15, -0.1) is 0 Å². The largest absolute Gasteiger partial charge is 0.492 e. The van der Waals surface area contributed by atoms with E-state index in [9.17, 15) is 0 Å². The zero-order valence-electron chi connectivity index (χ0n) is 10.0. The molecule has 15 heavy (non-hydrogen) atoms. The van der Waals surface area contributed by atoms with Gasteiger partial charge in [-0.2, -0.15) is 0 Å². The highest BCUT2D eigenvalue weighted by atomic mass is 16.5.